The van der Waals surface area contributed by atoms with Crippen molar-refractivity contribution in [2.75, 3.05) is 6.54 Å². The molecule has 0 bridgehead atoms. The molecule has 2 N–H and O–H groups in total. The second-order valence-corrected chi connectivity index (χ2v) is 6.80. The molecular weight excluding hydrogens is 362 g/mol. The highest BCUT2D eigenvalue weighted by atomic mass is 79.9. The number of rotatable bonds is 6. The molecule has 21 heavy (non-hydrogen) atoms. The van der Waals surface area contributed by atoms with E-state index in [0.29, 0.717) is 16.7 Å². The lowest BCUT2D eigenvalue weighted by molar-refractivity contribution is 0.0695. The van der Waals surface area contributed by atoms with Gasteiger partial charge in [-0.1, -0.05) is 0 Å². The highest BCUT2D eigenvalue weighted by Crippen LogP contribution is 2.21. The Morgan fingerprint density at radius 1 is 1.33 bits per heavy atom. The van der Waals surface area contributed by atoms with Crippen LogP contribution < -0.4 is 4.72 Å². The Kier molecular flexibility index (Phi) is 4.81. The zero-order chi connectivity index (χ0) is 15.5. The molecule has 8 heteroatoms. The minimum absolute atomic E-state index is 0.0949. The van der Waals surface area contributed by atoms with Gasteiger partial charge >= 0.3 is 5.97 Å². The quantitative estimate of drug-likeness (QED) is 0.809. The molecule has 0 fully saturated rings. The molecule has 0 saturated heterocycles. The Hall–Kier alpha value is -1.64. The van der Waals surface area contributed by atoms with Crippen LogP contribution in [0.2, 0.25) is 0 Å². The summed E-state index contributed by atoms with van der Waals surface area (Å²) >= 11 is 3.07. The van der Waals surface area contributed by atoms with Gasteiger partial charge in [0.15, 0.2) is 0 Å². The van der Waals surface area contributed by atoms with Crippen molar-refractivity contribution in [2.24, 2.45) is 0 Å². The number of carboxylic acids is 1. The Balaban J connectivity index is 2.12. The number of aromatic carboxylic acids is 1. The lowest BCUT2D eigenvalue weighted by atomic mass is 10.2. The summed E-state index contributed by atoms with van der Waals surface area (Å²) in [6, 6.07) is 7.31. The van der Waals surface area contributed by atoms with Crippen LogP contribution in [0.4, 0.5) is 0 Å². The fourth-order valence-electron chi connectivity index (χ4n) is 1.68. The van der Waals surface area contributed by atoms with E-state index in [1.54, 1.807) is 12.1 Å². The lowest BCUT2D eigenvalue weighted by Gasteiger charge is -2.07. The minimum atomic E-state index is -3.76. The Morgan fingerprint density at radius 3 is 2.71 bits per heavy atom. The number of furan rings is 1. The van der Waals surface area contributed by atoms with Crippen molar-refractivity contribution in [3.63, 3.8) is 0 Å². The van der Waals surface area contributed by atoms with E-state index in [1.807, 2.05) is 0 Å². The number of hydrogen-bond acceptors (Lipinski definition) is 4. The van der Waals surface area contributed by atoms with E-state index in [2.05, 4.69) is 20.7 Å². The zero-order valence-corrected chi connectivity index (χ0v) is 13.1. The van der Waals surface area contributed by atoms with Gasteiger partial charge in [-0.3, -0.25) is 0 Å². The summed E-state index contributed by atoms with van der Waals surface area (Å²) in [6.45, 7) is 0.161. The van der Waals surface area contributed by atoms with Gasteiger partial charge in [0.25, 0.3) is 0 Å². The largest absolute Gasteiger partial charge is 0.478 e. The van der Waals surface area contributed by atoms with Crippen LogP contribution in [0.3, 0.4) is 0 Å². The van der Waals surface area contributed by atoms with Crippen LogP contribution in [-0.2, 0) is 16.4 Å². The number of nitrogens with one attached hydrogen (secondary N) is 1. The third kappa shape index (κ3) is 3.93. The first-order chi connectivity index (χ1) is 9.90. The van der Waals surface area contributed by atoms with Crippen LogP contribution >= 0.6 is 15.9 Å². The predicted octanol–water partition coefficient (Wildman–Crippen LogP) is 2.26. The lowest BCUT2D eigenvalue weighted by Crippen LogP contribution is -2.26. The number of hydrogen-bond donors (Lipinski definition) is 2. The molecule has 2 aromatic rings. The van der Waals surface area contributed by atoms with E-state index in [9.17, 15) is 13.2 Å². The smallest absolute Gasteiger partial charge is 0.336 e. The molecule has 112 valence electrons. The van der Waals surface area contributed by atoms with Gasteiger partial charge in [0.2, 0.25) is 10.0 Å². The van der Waals surface area contributed by atoms with Crippen molar-refractivity contribution in [3.05, 3.63) is 52.4 Å². The van der Waals surface area contributed by atoms with E-state index in [-0.39, 0.29) is 17.0 Å². The Morgan fingerprint density at radius 2 is 2.10 bits per heavy atom. The monoisotopic (exact) mass is 373 g/mol. The molecule has 0 unspecified atom stereocenters. The molecule has 0 aliphatic heterocycles. The summed E-state index contributed by atoms with van der Waals surface area (Å²) in [5.41, 5.74) is -0.107. The molecule has 6 nitrogen and oxygen atoms in total. The van der Waals surface area contributed by atoms with Crippen LogP contribution in [0.5, 0.6) is 0 Å². The van der Waals surface area contributed by atoms with E-state index >= 15 is 0 Å². The Labute approximate surface area is 130 Å². The fourth-order valence-corrected chi connectivity index (χ4v) is 3.16. The maximum Gasteiger partial charge on any atom is 0.336 e. The summed E-state index contributed by atoms with van der Waals surface area (Å²) in [6.07, 6.45) is 1.92. The van der Waals surface area contributed by atoms with Crippen LogP contribution in [0.25, 0.3) is 0 Å². The van der Waals surface area contributed by atoms with Gasteiger partial charge in [-0.05, 0) is 46.3 Å². The van der Waals surface area contributed by atoms with Crippen molar-refractivity contribution in [2.45, 2.75) is 11.3 Å². The van der Waals surface area contributed by atoms with Gasteiger partial charge < -0.3 is 9.52 Å². The third-order valence-electron chi connectivity index (χ3n) is 2.72. The van der Waals surface area contributed by atoms with E-state index in [0.717, 1.165) is 6.07 Å². The van der Waals surface area contributed by atoms with Crippen molar-refractivity contribution < 1.29 is 22.7 Å². The molecule has 1 heterocycles. The summed E-state index contributed by atoms with van der Waals surface area (Å²) in [7, 11) is -3.76. The first-order valence-electron chi connectivity index (χ1n) is 5.95. The van der Waals surface area contributed by atoms with Crippen LogP contribution in [0.15, 0.2) is 50.4 Å². The molecule has 0 saturated carbocycles. The number of benzene rings is 1. The van der Waals surface area contributed by atoms with Crippen LogP contribution in [-0.4, -0.2) is 26.0 Å². The molecule has 0 aliphatic rings. The normalized spacial score (nSPS) is 11.5. The first-order valence-corrected chi connectivity index (χ1v) is 8.22. The second kappa shape index (κ2) is 6.42. The van der Waals surface area contributed by atoms with E-state index in [1.165, 1.54) is 18.4 Å². The minimum Gasteiger partial charge on any atom is -0.478 e. The maximum absolute atomic E-state index is 12.1. The summed E-state index contributed by atoms with van der Waals surface area (Å²) in [5.74, 6) is -0.533. The number of sulfonamides is 1. The molecule has 0 amide bonds. The molecule has 1 aromatic carbocycles. The van der Waals surface area contributed by atoms with Crippen molar-refractivity contribution in [1.82, 2.24) is 4.72 Å². The number of carboxylic acid groups (broad SMARTS) is 1. The SMILES string of the molecule is O=C(O)c1cc(S(=O)(=O)NCCc2ccco2)ccc1Br. The van der Waals surface area contributed by atoms with Gasteiger partial charge in [-0.2, -0.15) is 0 Å². The summed E-state index contributed by atoms with van der Waals surface area (Å²) in [5, 5.41) is 9.00. The van der Waals surface area contributed by atoms with Gasteiger partial charge in [0.05, 0.1) is 16.7 Å². The highest BCUT2D eigenvalue weighted by molar-refractivity contribution is 9.10. The highest BCUT2D eigenvalue weighted by Gasteiger charge is 2.17. The number of halogens is 1. The van der Waals surface area contributed by atoms with Gasteiger partial charge in [0.1, 0.15) is 5.76 Å². The predicted molar refractivity (Wildman–Crippen MR) is 78.7 cm³/mol. The van der Waals surface area contributed by atoms with E-state index in [4.69, 9.17) is 9.52 Å². The zero-order valence-electron chi connectivity index (χ0n) is 10.7. The van der Waals surface area contributed by atoms with Gasteiger partial charge in [-0.25, -0.2) is 17.9 Å². The van der Waals surface area contributed by atoms with Gasteiger partial charge in [0, 0.05) is 17.4 Å². The fraction of sp³-hybridized carbons (Fsp3) is 0.154. The molecule has 0 aliphatic carbocycles. The number of carbonyl (C=O) groups is 1. The molecule has 0 spiro atoms. The summed E-state index contributed by atoms with van der Waals surface area (Å²) in [4.78, 5) is 10.9. The third-order valence-corrected chi connectivity index (χ3v) is 4.87. The second-order valence-electron chi connectivity index (χ2n) is 4.17. The molecule has 0 radical (unpaired) electrons. The molecule has 0 atom stereocenters. The van der Waals surface area contributed by atoms with Crippen molar-refractivity contribution >= 4 is 31.9 Å². The Bertz CT molecular complexity index is 740. The van der Waals surface area contributed by atoms with Crippen LogP contribution in [0, 0.1) is 0 Å². The average Bonchev–Trinajstić information content (AvgIpc) is 2.91. The van der Waals surface area contributed by atoms with Crippen molar-refractivity contribution in [3.8, 4) is 0 Å². The topological polar surface area (TPSA) is 96.6 Å². The maximum atomic E-state index is 12.1. The average molecular weight is 374 g/mol. The molecule has 2 rings (SSSR count). The summed E-state index contributed by atoms with van der Waals surface area (Å²) < 4.78 is 32.0. The van der Waals surface area contributed by atoms with Gasteiger partial charge in [-0.15, -0.1) is 0 Å². The molecular formula is C13H12BrNO5S. The first kappa shape index (κ1) is 15.7. The van der Waals surface area contributed by atoms with Crippen LogP contribution in [0.1, 0.15) is 16.1 Å². The van der Waals surface area contributed by atoms with E-state index < -0.39 is 16.0 Å². The van der Waals surface area contributed by atoms with Crippen molar-refractivity contribution in [1.29, 1.82) is 0 Å². The standard InChI is InChI=1S/C13H12BrNO5S/c14-12-4-3-10(8-11(12)13(16)17)21(18,19)15-6-5-9-2-1-7-20-9/h1-4,7-8,15H,5-6H2,(H,16,17). The molecule has 1 aromatic heterocycles.